The maximum Gasteiger partial charge on any atom is 0.194 e. The van der Waals surface area contributed by atoms with Crippen LogP contribution in [0.15, 0.2) is 70.9 Å². The van der Waals surface area contributed by atoms with E-state index >= 15 is 0 Å². The summed E-state index contributed by atoms with van der Waals surface area (Å²) < 4.78 is 0. The zero-order chi connectivity index (χ0) is 16.7. The molecule has 1 aliphatic carbocycles. The summed E-state index contributed by atoms with van der Waals surface area (Å²) in [5.41, 5.74) is 12.3. The van der Waals surface area contributed by atoms with Gasteiger partial charge in [0.15, 0.2) is 5.78 Å². The van der Waals surface area contributed by atoms with Gasteiger partial charge in [0.05, 0.1) is 11.4 Å². The smallest absolute Gasteiger partial charge is 0.194 e. The summed E-state index contributed by atoms with van der Waals surface area (Å²) in [7, 11) is 0. The number of fused-ring (bicyclic) bond motifs is 3. The van der Waals surface area contributed by atoms with E-state index in [2.05, 4.69) is 10.2 Å². The predicted molar refractivity (Wildman–Crippen MR) is 95.1 cm³/mol. The van der Waals surface area contributed by atoms with Gasteiger partial charge in [-0.25, -0.2) is 0 Å². The molecule has 0 amide bonds. The molecule has 116 valence electrons. The van der Waals surface area contributed by atoms with E-state index in [1.807, 2.05) is 61.5 Å². The van der Waals surface area contributed by atoms with Crippen LogP contribution in [0.1, 0.15) is 21.5 Å². The number of carbonyl (C=O) groups excluding carboxylic acids is 1. The summed E-state index contributed by atoms with van der Waals surface area (Å²) in [4.78, 5) is 12.5. The highest BCUT2D eigenvalue weighted by Gasteiger charge is 2.26. The van der Waals surface area contributed by atoms with Gasteiger partial charge < -0.3 is 5.73 Å². The predicted octanol–water partition coefficient (Wildman–Crippen LogP) is 5.20. The third-order valence-corrected chi connectivity index (χ3v) is 4.24. The second kappa shape index (κ2) is 5.42. The zero-order valence-corrected chi connectivity index (χ0v) is 13.2. The Hall–Kier alpha value is -3.27. The largest absolute Gasteiger partial charge is 0.399 e. The van der Waals surface area contributed by atoms with Crippen molar-refractivity contribution >= 4 is 22.8 Å². The number of nitrogens with two attached hydrogens (primary N) is 1. The van der Waals surface area contributed by atoms with Gasteiger partial charge in [0.2, 0.25) is 0 Å². The van der Waals surface area contributed by atoms with Crippen LogP contribution in [0.25, 0.3) is 11.1 Å². The Morgan fingerprint density at radius 1 is 0.750 bits per heavy atom. The molecule has 0 saturated carbocycles. The lowest BCUT2D eigenvalue weighted by molar-refractivity contribution is 0.104. The van der Waals surface area contributed by atoms with Crippen molar-refractivity contribution < 1.29 is 4.79 Å². The average Bonchev–Trinajstić information content (AvgIpc) is 2.89. The van der Waals surface area contributed by atoms with Crippen molar-refractivity contribution in [3.05, 3.63) is 77.4 Å². The quantitative estimate of drug-likeness (QED) is 0.408. The molecule has 0 unspecified atom stereocenters. The number of rotatable bonds is 2. The third-order valence-electron chi connectivity index (χ3n) is 4.24. The summed E-state index contributed by atoms with van der Waals surface area (Å²) in [6.07, 6.45) is 0. The van der Waals surface area contributed by atoms with Crippen molar-refractivity contribution in [1.29, 1.82) is 0 Å². The SMILES string of the molecule is Cc1cc(N=Nc2ccc3c(c2)C(=O)c2ccccc2-3)ccc1N. The van der Waals surface area contributed by atoms with Crippen LogP contribution in [0.3, 0.4) is 0 Å². The topological polar surface area (TPSA) is 67.8 Å². The van der Waals surface area contributed by atoms with Gasteiger partial charge in [-0.1, -0.05) is 30.3 Å². The third kappa shape index (κ3) is 2.29. The minimum Gasteiger partial charge on any atom is -0.399 e. The standard InChI is InChI=1S/C20H15N3O/c1-12-10-13(7-9-19(12)21)22-23-14-6-8-16-15-4-2-3-5-17(15)20(24)18(16)11-14/h2-11H,21H2,1H3. The molecule has 0 radical (unpaired) electrons. The Labute approximate surface area is 139 Å². The number of nitrogens with zero attached hydrogens (tertiary/aromatic N) is 2. The molecule has 0 saturated heterocycles. The van der Waals surface area contributed by atoms with Crippen molar-refractivity contribution in [1.82, 2.24) is 0 Å². The van der Waals surface area contributed by atoms with Crippen LogP contribution < -0.4 is 5.73 Å². The van der Waals surface area contributed by atoms with E-state index in [9.17, 15) is 4.79 Å². The van der Waals surface area contributed by atoms with E-state index in [-0.39, 0.29) is 5.78 Å². The molecule has 4 heteroatoms. The van der Waals surface area contributed by atoms with Gasteiger partial charge in [-0.05, 0) is 53.9 Å². The molecular formula is C20H15N3O. The van der Waals surface area contributed by atoms with Crippen LogP contribution in [-0.2, 0) is 0 Å². The summed E-state index contributed by atoms with van der Waals surface area (Å²) in [5.74, 6) is 0.0426. The van der Waals surface area contributed by atoms with Crippen LogP contribution in [0, 0.1) is 6.92 Å². The highest BCUT2D eigenvalue weighted by Crippen LogP contribution is 2.38. The second-order valence-electron chi connectivity index (χ2n) is 5.85. The first-order chi connectivity index (χ1) is 11.6. The van der Waals surface area contributed by atoms with Crippen LogP contribution in [-0.4, -0.2) is 5.78 Å². The molecule has 24 heavy (non-hydrogen) atoms. The van der Waals surface area contributed by atoms with Crippen molar-refractivity contribution in [2.75, 3.05) is 5.73 Å². The van der Waals surface area contributed by atoms with E-state index in [4.69, 9.17) is 5.73 Å². The molecule has 4 nitrogen and oxygen atoms in total. The van der Waals surface area contributed by atoms with Gasteiger partial charge in [0.25, 0.3) is 0 Å². The summed E-state index contributed by atoms with van der Waals surface area (Å²) >= 11 is 0. The molecule has 0 fully saturated rings. The fourth-order valence-corrected chi connectivity index (χ4v) is 2.92. The number of hydrogen-bond acceptors (Lipinski definition) is 4. The van der Waals surface area contributed by atoms with E-state index in [1.54, 1.807) is 6.07 Å². The molecule has 3 aromatic rings. The lowest BCUT2D eigenvalue weighted by atomic mass is 10.1. The van der Waals surface area contributed by atoms with Gasteiger partial charge in [0, 0.05) is 16.8 Å². The van der Waals surface area contributed by atoms with Gasteiger partial charge in [0.1, 0.15) is 0 Å². The number of carbonyl (C=O) groups is 1. The van der Waals surface area contributed by atoms with Crippen molar-refractivity contribution in [2.24, 2.45) is 10.2 Å². The Morgan fingerprint density at radius 3 is 2.12 bits per heavy atom. The Balaban J connectivity index is 1.69. The highest BCUT2D eigenvalue weighted by atomic mass is 16.1. The molecule has 0 aromatic heterocycles. The zero-order valence-electron chi connectivity index (χ0n) is 13.2. The number of ketones is 1. The summed E-state index contributed by atoms with van der Waals surface area (Å²) in [6.45, 7) is 1.93. The Morgan fingerprint density at radius 2 is 1.38 bits per heavy atom. The lowest BCUT2D eigenvalue weighted by Gasteiger charge is -2.01. The molecule has 4 rings (SSSR count). The fraction of sp³-hybridized carbons (Fsp3) is 0.0500. The van der Waals surface area contributed by atoms with Crippen molar-refractivity contribution in [3.63, 3.8) is 0 Å². The van der Waals surface area contributed by atoms with Crippen LogP contribution >= 0.6 is 0 Å². The first kappa shape index (κ1) is 14.3. The van der Waals surface area contributed by atoms with E-state index in [1.165, 1.54) is 0 Å². The molecule has 1 aliphatic rings. The van der Waals surface area contributed by atoms with Gasteiger partial charge in [-0.2, -0.15) is 10.2 Å². The molecule has 0 bridgehead atoms. The van der Waals surface area contributed by atoms with Gasteiger partial charge in [-0.15, -0.1) is 0 Å². The maximum atomic E-state index is 12.5. The second-order valence-corrected chi connectivity index (χ2v) is 5.85. The van der Waals surface area contributed by atoms with Crippen molar-refractivity contribution in [2.45, 2.75) is 6.92 Å². The van der Waals surface area contributed by atoms with Crippen LogP contribution in [0.4, 0.5) is 17.1 Å². The molecule has 0 atom stereocenters. The van der Waals surface area contributed by atoms with E-state index in [0.717, 1.165) is 33.6 Å². The van der Waals surface area contributed by atoms with Crippen molar-refractivity contribution in [3.8, 4) is 11.1 Å². The highest BCUT2D eigenvalue weighted by molar-refractivity contribution is 6.22. The maximum absolute atomic E-state index is 12.5. The van der Waals surface area contributed by atoms with Crippen LogP contribution in [0.5, 0.6) is 0 Å². The first-order valence-corrected chi connectivity index (χ1v) is 7.69. The van der Waals surface area contributed by atoms with Gasteiger partial charge in [-0.3, -0.25) is 4.79 Å². The minimum atomic E-state index is 0.0426. The average molecular weight is 313 g/mol. The number of aryl methyl sites for hydroxylation is 1. The number of nitrogen functional groups attached to an aromatic ring is 1. The normalized spacial score (nSPS) is 12.5. The molecule has 0 aliphatic heterocycles. The van der Waals surface area contributed by atoms with E-state index < -0.39 is 0 Å². The number of hydrogen-bond donors (Lipinski definition) is 1. The monoisotopic (exact) mass is 313 g/mol. The summed E-state index contributed by atoms with van der Waals surface area (Å²) in [6, 6.07) is 18.8. The summed E-state index contributed by atoms with van der Waals surface area (Å²) in [5, 5.41) is 8.49. The van der Waals surface area contributed by atoms with E-state index in [0.29, 0.717) is 11.3 Å². The molecule has 2 N–H and O–H groups in total. The van der Waals surface area contributed by atoms with Gasteiger partial charge >= 0.3 is 0 Å². The Kier molecular flexibility index (Phi) is 3.24. The first-order valence-electron chi connectivity index (χ1n) is 7.69. The molecule has 0 spiro atoms. The number of benzene rings is 3. The van der Waals surface area contributed by atoms with Crippen LogP contribution in [0.2, 0.25) is 0 Å². The minimum absolute atomic E-state index is 0.0426. The number of azo groups is 1. The Bertz CT molecular complexity index is 1010. The molecule has 0 heterocycles. The molecular weight excluding hydrogens is 298 g/mol. The number of anilines is 1. The molecule has 3 aromatic carbocycles. The lowest BCUT2D eigenvalue weighted by Crippen LogP contribution is -1.94. The fourth-order valence-electron chi connectivity index (χ4n) is 2.92.